The molecule has 1 heterocycles. The molecule has 1 N–H and O–H groups in total. The first-order valence-electron chi connectivity index (χ1n) is 8.14. The molecule has 1 saturated heterocycles. The van der Waals surface area contributed by atoms with Gasteiger partial charge in [0.05, 0.1) is 6.54 Å². The maximum atomic E-state index is 11.8. The molecule has 0 bridgehead atoms. The van der Waals surface area contributed by atoms with E-state index in [1.165, 1.54) is 16.2 Å². The SMILES string of the molecule is CC1CC(C)CN(C(=NCC(=O)N(C)C)NCC(=O)N(C)C)C1. The third kappa shape index (κ3) is 6.46. The number of guanidine groups is 1. The van der Waals surface area contributed by atoms with Crippen LogP contribution >= 0.6 is 0 Å². The van der Waals surface area contributed by atoms with Gasteiger partial charge in [0, 0.05) is 41.3 Å². The van der Waals surface area contributed by atoms with Gasteiger partial charge in [-0.05, 0) is 18.3 Å². The number of carbonyl (C=O) groups is 2. The smallest absolute Gasteiger partial charge is 0.243 e. The number of likely N-dealkylation sites (tertiary alicyclic amines) is 1. The van der Waals surface area contributed by atoms with Gasteiger partial charge < -0.3 is 20.0 Å². The minimum atomic E-state index is -0.0543. The van der Waals surface area contributed by atoms with E-state index in [2.05, 4.69) is 29.1 Å². The van der Waals surface area contributed by atoms with E-state index in [9.17, 15) is 9.59 Å². The van der Waals surface area contributed by atoms with Gasteiger partial charge in [-0.15, -0.1) is 0 Å². The molecule has 0 aromatic rings. The van der Waals surface area contributed by atoms with Gasteiger partial charge in [-0.3, -0.25) is 9.59 Å². The number of likely N-dealkylation sites (N-methyl/N-ethyl adjacent to an activating group) is 2. The molecule has 0 saturated carbocycles. The molecule has 2 unspecified atom stereocenters. The summed E-state index contributed by atoms with van der Waals surface area (Å²) in [5.41, 5.74) is 0. The lowest BCUT2D eigenvalue weighted by Crippen LogP contribution is -2.50. The molecule has 2 atom stereocenters. The van der Waals surface area contributed by atoms with E-state index in [0.29, 0.717) is 17.8 Å². The van der Waals surface area contributed by atoms with Crippen molar-refractivity contribution in [2.24, 2.45) is 16.8 Å². The first-order chi connectivity index (χ1) is 10.7. The van der Waals surface area contributed by atoms with Crippen molar-refractivity contribution in [2.75, 3.05) is 54.4 Å². The second kappa shape index (κ2) is 8.74. The van der Waals surface area contributed by atoms with Crippen LogP contribution in [0.2, 0.25) is 0 Å². The lowest BCUT2D eigenvalue weighted by Gasteiger charge is -2.37. The quantitative estimate of drug-likeness (QED) is 0.587. The zero-order valence-corrected chi connectivity index (χ0v) is 15.3. The highest BCUT2D eigenvalue weighted by molar-refractivity contribution is 5.88. The Morgan fingerprint density at radius 3 is 2.04 bits per heavy atom. The van der Waals surface area contributed by atoms with Crippen molar-refractivity contribution in [3.05, 3.63) is 0 Å². The van der Waals surface area contributed by atoms with Crippen molar-refractivity contribution >= 4 is 17.8 Å². The normalized spacial score (nSPS) is 21.8. The Labute approximate surface area is 139 Å². The van der Waals surface area contributed by atoms with Gasteiger partial charge >= 0.3 is 0 Å². The standard InChI is InChI=1S/C16H31N5O2/c1-12-7-13(2)11-21(10-12)16(17-8-14(22)19(3)4)18-9-15(23)20(5)6/h12-13H,7-11H2,1-6H3,(H,17,18). The van der Waals surface area contributed by atoms with Gasteiger partial charge in [-0.1, -0.05) is 13.8 Å². The van der Waals surface area contributed by atoms with Gasteiger partial charge in [0.1, 0.15) is 6.54 Å². The molecule has 7 nitrogen and oxygen atoms in total. The molecule has 0 aromatic carbocycles. The second-order valence-corrected chi connectivity index (χ2v) is 6.92. The summed E-state index contributed by atoms with van der Waals surface area (Å²) in [6, 6.07) is 0. The number of carbonyl (C=O) groups excluding carboxylic acids is 2. The highest BCUT2D eigenvalue weighted by atomic mass is 16.2. The van der Waals surface area contributed by atoms with Crippen molar-refractivity contribution in [3.63, 3.8) is 0 Å². The minimum absolute atomic E-state index is 0.0188. The zero-order chi connectivity index (χ0) is 17.6. The van der Waals surface area contributed by atoms with E-state index in [1.54, 1.807) is 28.2 Å². The van der Waals surface area contributed by atoms with Crippen LogP contribution in [-0.4, -0.2) is 86.8 Å². The first-order valence-corrected chi connectivity index (χ1v) is 8.14. The largest absolute Gasteiger partial charge is 0.347 e. The highest BCUT2D eigenvalue weighted by Crippen LogP contribution is 2.20. The van der Waals surface area contributed by atoms with Crippen LogP contribution in [0.15, 0.2) is 4.99 Å². The molecule has 0 aromatic heterocycles. The highest BCUT2D eigenvalue weighted by Gasteiger charge is 2.24. The number of hydrogen-bond acceptors (Lipinski definition) is 3. The van der Waals surface area contributed by atoms with Gasteiger partial charge in [0.2, 0.25) is 11.8 Å². The summed E-state index contributed by atoms with van der Waals surface area (Å²) in [6.45, 7) is 6.49. The van der Waals surface area contributed by atoms with E-state index in [4.69, 9.17) is 0 Å². The molecule has 132 valence electrons. The summed E-state index contributed by atoms with van der Waals surface area (Å²) in [7, 11) is 6.88. The van der Waals surface area contributed by atoms with E-state index >= 15 is 0 Å². The topological polar surface area (TPSA) is 68.2 Å². The molecule has 1 rings (SSSR count). The van der Waals surface area contributed by atoms with Crippen LogP contribution in [-0.2, 0) is 9.59 Å². The molecular weight excluding hydrogens is 294 g/mol. The Kier molecular flexibility index (Phi) is 7.32. The predicted molar refractivity (Wildman–Crippen MR) is 92.2 cm³/mol. The van der Waals surface area contributed by atoms with Crippen molar-refractivity contribution in [1.29, 1.82) is 0 Å². The molecule has 2 amide bonds. The van der Waals surface area contributed by atoms with E-state index < -0.39 is 0 Å². The number of amides is 2. The molecule has 1 aliphatic heterocycles. The molecule has 7 heteroatoms. The fourth-order valence-electron chi connectivity index (χ4n) is 2.70. The number of hydrogen-bond donors (Lipinski definition) is 1. The molecule has 0 spiro atoms. The van der Waals surface area contributed by atoms with Crippen molar-refractivity contribution in [2.45, 2.75) is 20.3 Å². The van der Waals surface area contributed by atoms with E-state index in [-0.39, 0.29) is 24.9 Å². The third-order valence-electron chi connectivity index (χ3n) is 3.93. The van der Waals surface area contributed by atoms with Crippen molar-refractivity contribution in [3.8, 4) is 0 Å². The Bertz CT molecular complexity index is 438. The van der Waals surface area contributed by atoms with E-state index in [1.807, 2.05) is 0 Å². The molecule has 0 aliphatic carbocycles. The Balaban J connectivity index is 2.80. The third-order valence-corrected chi connectivity index (χ3v) is 3.93. The predicted octanol–water partition coefficient (Wildman–Crippen LogP) is 0.0863. The Morgan fingerprint density at radius 2 is 1.57 bits per heavy atom. The lowest BCUT2D eigenvalue weighted by atomic mass is 9.92. The molecule has 23 heavy (non-hydrogen) atoms. The zero-order valence-electron chi connectivity index (χ0n) is 15.3. The second-order valence-electron chi connectivity index (χ2n) is 6.92. The summed E-state index contributed by atoms with van der Waals surface area (Å²) in [5.74, 6) is 1.71. The Hall–Kier alpha value is -1.79. The van der Waals surface area contributed by atoms with Gasteiger partial charge in [-0.2, -0.15) is 0 Å². The average molecular weight is 325 g/mol. The lowest BCUT2D eigenvalue weighted by molar-refractivity contribution is -0.127. The summed E-state index contributed by atoms with van der Waals surface area (Å²) >= 11 is 0. The van der Waals surface area contributed by atoms with Crippen LogP contribution in [0.3, 0.4) is 0 Å². The van der Waals surface area contributed by atoms with Crippen molar-refractivity contribution in [1.82, 2.24) is 20.0 Å². The maximum Gasteiger partial charge on any atom is 0.243 e. The average Bonchev–Trinajstić information content (AvgIpc) is 2.45. The monoisotopic (exact) mass is 325 g/mol. The number of piperidine rings is 1. The summed E-state index contributed by atoms with van der Waals surface area (Å²) in [5, 5.41) is 3.12. The minimum Gasteiger partial charge on any atom is -0.347 e. The van der Waals surface area contributed by atoms with Crippen LogP contribution in [0.25, 0.3) is 0 Å². The fourth-order valence-corrected chi connectivity index (χ4v) is 2.70. The number of aliphatic imine (C=N–C) groups is 1. The number of rotatable bonds is 4. The molecule has 1 aliphatic rings. The Morgan fingerprint density at radius 1 is 1.04 bits per heavy atom. The fraction of sp³-hybridized carbons (Fsp3) is 0.812. The van der Waals surface area contributed by atoms with Crippen LogP contribution < -0.4 is 5.32 Å². The first kappa shape index (κ1) is 19.3. The number of nitrogens with zero attached hydrogens (tertiary/aromatic N) is 4. The van der Waals surface area contributed by atoms with Crippen LogP contribution in [0.1, 0.15) is 20.3 Å². The molecular formula is C16H31N5O2. The van der Waals surface area contributed by atoms with Crippen LogP contribution in [0.4, 0.5) is 0 Å². The van der Waals surface area contributed by atoms with Crippen molar-refractivity contribution < 1.29 is 9.59 Å². The molecule has 0 radical (unpaired) electrons. The van der Waals surface area contributed by atoms with Crippen LogP contribution in [0, 0.1) is 11.8 Å². The van der Waals surface area contributed by atoms with Gasteiger partial charge in [0.15, 0.2) is 5.96 Å². The maximum absolute atomic E-state index is 11.8. The van der Waals surface area contributed by atoms with Crippen LogP contribution in [0.5, 0.6) is 0 Å². The van der Waals surface area contributed by atoms with Gasteiger partial charge in [-0.25, -0.2) is 4.99 Å². The summed E-state index contributed by atoms with van der Waals surface area (Å²) < 4.78 is 0. The van der Waals surface area contributed by atoms with Gasteiger partial charge in [0.25, 0.3) is 0 Å². The number of nitrogens with one attached hydrogen (secondary N) is 1. The molecule has 1 fully saturated rings. The van der Waals surface area contributed by atoms with E-state index in [0.717, 1.165) is 13.1 Å². The summed E-state index contributed by atoms with van der Waals surface area (Å²) in [6.07, 6.45) is 1.19. The summed E-state index contributed by atoms with van der Waals surface area (Å²) in [4.78, 5) is 33.3.